The van der Waals surface area contributed by atoms with Gasteiger partial charge < -0.3 is 0 Å². The Balaban J connectivity index is 2.58. The van der Waals surface area contributed by atoms with E-state index in [1.54, 1.807) is 18.0 Å². The van der Waals surface area contributed by atoms with Crippen LogP contribution in [0.4, 0.5) is 0 Å². The zero-order valence-electron chi connectivity index (χ0n) is 6.39. The average Bonchev–Trinajstić information content (AvgIpc) is 2.38. The number of hydrogen-bond acceptors (Lipinski definition) is 3. The van der Waals surface area contributed by atoms with Crippen LogP contribution in [-0.2, 0) is 4.79 Å². The molecule has 0 aliphatic carbocycles. The Morgan fingerprint density at radius 3 is 3.00 bits per heavy atom. The Kier molecular flexibility index (Phi) is 2.40. The molecule has 0 aromatic heterocycles. The van der Waals surface area contributed by atoms with Gasteiger partial charge in [0.25, 0.3) is 0 Å². The number of carbonyl (C=O) groups is 1. The minimum absolute atomic E-state index is 0.150. The first-order chi connectivity index (χ1) is 5.19. The van der Waals surface area contributed by atoms with E-state index in [-0.39, 0.29) is 10.7 Å². The van der Waals surface area contributed by atoms with Gasteiger partial charge in [-0.25, -0.2) is 0 Å². The van der Waals surface area contributed by atoms with Gasteiger partial charge in [-0.05, 0) is 25.5 Å². The molecule has 60 valence electrons. The molecule has 1 heterocycles. The molecule has 0 aromatic carbocycles. The van der Waals surface area contributed by atoms with Gasteiger partial charge in [0, 0.05) is 0 Å². The fraction of sp³-hybridized carbons (Fsp3) is 0.714. The third-order valence-corrected chi connectivity index (χ3v) is 3.39. The molecule has 1 aliphatic rings. The van der Waals surface area contributed by atoms with E-state index in [0.717, 1.165) is 18.6 Å². The lowest BCUT2D eigenvalue weighted by Crippen LogP contribution is -2.37. The van der Waals surface area contributed by atoms with E-state index in [0.29, 0.717) is 0 Å². The van der Waals surface area contributed by atoms with Crippen molar-refractivity contribution >= 4 is 17.7 Å². The van der Waals surface area contributed by atoms with Crippen LogP contribution in [0.2, 0.25) is 0 Å². The van der Waals surface area contributed by atoms with Crippen molar-refractivity contribution in [3.05, 3.63) is 0 Å². The number of amides is 1. The van der Waals surface area contributed by atoms with E-state index < -0.39 is 0 Å². The molecule has 0 radical (unpaired) electrons. The Hall–Kier alpha value is -0.690. The first-order valence-corrected chi connectivity index (χ1v) is 4.51. The Morgan fingerprint density at radius 2 is 2.55 bits per heavy atom. The van der Waals surface area contributed by atoms with Crippen LogP contribution in [0.1, 0.15) is 19.8 Å². The molecule has 4 heteroatoms. The zero-order chi connectivity index (χ0) is 8.32. The second-order valence-corrected chi connectivity index (χ2v) is 4.35. The monoisotopic (exact) mass is 170 g/mol. The van der Waals surface area contributed by atoms with Crippen LogP contribution in [0.3, 0.4) is 0 Å². The van der Waals surface area contributed by atoms with Gasteiger partial charge >= 0.3 is 0 Å². The second kappa shape index (κ2) is 3.14. The van der Waals surface area contributed by atoms with Crippen molar-refractivity contribution < 1.29 is 4.79 Å². The van der Waals surface area contributed by atoms with E-state index >= 15 is 0 Å². The number of hydrogen-bond donors (Lipinski definition) is 1. The fourth-order valence-corrected chi connectivity index (χ4v) is 2.35. The Morgan fingerprint density at radius 1 is 1.82 bits per heavy atom. The van der Waals surface area contributed by atoms with E-state index in [1.165, 1.54) is 0 Å². The molecule has 0 bridgehead atoms. The molecule has 0 aromatic rings. The number of carbonyl (C=O) groups excluding carboxylic acids is 1. The standard InChI is InChI=1S/C7H10N2OS/c1-7(3-2-4-11-7)6(10)9-5-8/h2-4H2,1H3,(H,9,10). The molecule has 1 atom stereocenters. The minimum atomic E-state index is -0.351. The molecule has 1 fully saturated rings. The van der Waals surface area contributed by atoms with Gasteiger partial charge in [-0.15, -0.1) is 11.8 Å². The molecule has 1 amide bonds. The van der Waals surface area contributed by atoms with Crippen molar-refractivity contribution in [2.45, 2.75) is 24.5 Å². The van der Waals surface area contributed by atoms with Crippen LogP contribution in [0.5, 0.6) is 0 Å². The lowest BCUT2D eigenvalue weighted by molar-refractivity contribution is -0.121. The molecule has 11 heavy (non-hydrogen) atoms. The Labute approximate surface area is 70.2 Å². The topological polar surface area (TPSA) is 52.9 Å². The lowest BCUT2D eigenvalue weighted by Gasteiger charge is -2.18. The summed E-state index contributed by atoms with van der Waals surface area (Å²) >= 11 is 1.63. The van der Waals surface area contributed by atoms with Crippen molar-refractivity contribution in [3.8, 4) is 6.19 Å². The second-order valence-electron chi connectivity index (χ2n) is 2.75. The van der Waals surface area contributed by atoms with Gasteiger partial charge in [0.15, 0.2) is 6.19 Å². The highest BCUT2D eigenvalue weighted by Crippen LogP contribution is 2.37. The van der Waals surface area contributed by atoms with E-state index in [1.807, 2.05) is 6.92 Å². The highest BCUT2D eigenvalue weighted by atomic mass is 32.2. The van der Waals surface area contributed by atoms with Gasteiger partial charge in [-0.1, -0.05) is 0 Å². The maximum absolute atomic E-state index is 11.2. The van der Waals surface area contributed by atoms with E-state index in [4.69, 9.17) is 5.26 Å². The third-order valence-electron chi connectivity index (χ3n) is 1.87. The first-order valence-electron chi connectivity index (χ1n) is 3.52. The summed E-state index contributed by atoms with van der Waals surface area (Å²) in [7, 11) is 0. The number of rotatable bonds is 1. The predicted molar refractivity (Wildman–Crippen MR) is 43.9 cm³/mol. The molecule has 0 saturated carbocycles. The molecule has 1 saturated heterocycles. The van der Waals surface area contributed by atoms with Crippen LogP contribution < -0.4 is 5.32 Å². The zero-order valence-corrected chi connectivity index (χ0v) is 7.20. The van der Waals surface area contributed by atoms with Crippen LogP contribution >= 0.6 is 11.8 Å². The first kappa shape index (κ1) is 8.41. The summed E-state index contributed by atoms with van der Waals surface area (Å²) in [5.74, 6) is 0.873. The SMILES string of the molecule is CC1(C(=O)NC#N)CCCS1. The summed E-state index contributed by atoms with van der Waals surface area (Å²) in [5, 5.41) is 10.4. The van der Waals surface area contributed by atoms with Crippen LogP contribution in [-0.4, -0.2) is 16.4 Å². The number of nitrogens with zero attached hydrogens (tertiary/aromatic N) is 1. The predicted octanol–water partition coefficient (Wildman–Crippen LogP) is 0.869. The normalized spacial score (nSPS) is 29.5. The van der Waals surface area contributed by atoms with Gasteiger partial charge in [-0.2, -0.15) is 5.26 Å². The summed E-state index contributed by atoms with van der Waals surface area (Å²) in [5.41, 5.74) is 0. The average molecular weight is 170 g/mol. The third kappa shape index (κ3) is 1.66. The van der Waals surface area contributed by atoms with Crippen molar-refractivity contribution in [1.29, 1.82) is 5.26 Å². The largest absolute Gasteiger partial charge is 0.272 e. The smallest absolute Gasteiger partial charge is 0.248 e. The molecular formula is C7H10N2OS. The highest BCUT2D eigenvalue weighted by molar-refractivity contribution is 8.01. The number of thioether (sulfide) groups is 1. The van der Waals surface area contributed by atoms with Gasteiger partial charge in [0.05, 0.1) is 4.75 Å². The summed E-state index contributed by atoms with van der Waals surface area (Å²) in [4.78, 5) is 11.2. The maximum Gasteiger partial charge on any atom is 0.248 e. The van der Waals surface area contributed by atoms with Crippen LogP contribution in [0.15, 0.2) is 0 Å². The number of nitriles is 1. The number of nitrogens with one attached hydrogen (secondary N) is 1. The Bertz CT molecular complexity index is 203. The highest BCUT2D eigenvalue weighted by Gasteiger charge is 2.36. The van der Waals surface area contributed by atoms with E-state index in [2.05, 4.69) is 5.32 Å². The van der Waals surface area contributed by atoms with Gasteiger partial charge in [-0.3, -0.25) is 10.1 Å². The van der Waals surface area contributed by atoms with E-state index in [9.17, 15) is 4.79 Å². The summed E-state index contributed by atoms with van der Waals surface area (Å²) < 4.78 is -0.351. The summed E-state index contributed by atoms with van der Waals surface area (Å²) in [6.45, 7) is 1.89. The summed E-state index contributed by atoms with van der Waals surface area (Å²) in [6.07, 6.45) is 3.61. The van der Waals surface area contributed by atoms with Crippen molar-refractivity contribution in [3.63, 3.8) is 0 Å². The van der Waals surface area contributed by atoms with Crippen LogP contribution in [0, 0.1) is 11.5 Å². The molecule has 1 aliphatic heterocycles. The van der Waals surface area contributed by atoms with Gasteiger partial charge in [0.1, 0.15) is 0 Å². The quantitative estimate of drug-likeness (QED) is 0.469. The van der Waals surface area contributed by atoms with Crippen molar-refractivity contribution in [2.75, 3.05) is 5.75 Å². The molecule has 1 N–H and O–H groups in total. The lowest BCUT2D eigenvalue weighted by atomic mass is 10.1. The maximum atomic E-state index is 11.2. The van der Waals surface area contributed by atoms with Gasteiger partial charge in [0.2, 0.25) is 5.91 Å². The van der Waals surface area contributed by atoms with Crippen LogP contribution in [0.25, 0.3) is 0 Å². The minimum Gasteiger partial charge on any atom is -0.272 e. The summed E-state index contributed by atoms with van der Waals surface area (Å²) in [6, 6.07) is 0. The molecular weight excluding hydrogens is 160 g/mol. The van der Waals surface area contributed by atoms with Crippen molar-refractivity contribution in [2.24, 2.45) is 0 Å². The molecule has 1 unspecified atom stereocenters. The van der Waals surface area contributed by atoms with Crippen molar-refractivity contribution in [1.82, 2.24) is 5.32 Å². The fourth-order valence-electron chi connectivity index (χ4n) is 1.14. The molecule has 0 spiro atoms. The molecule has 3 nitrogen and oxygen atoms in total. The molecule has 1 rings (SSSR count).